The van der Waals surface area contributed by atoms with Gasteiger partial charge in [-0.1, -0.05) is 0 Å². The first-order valence-corrected chi connectivity index (χ1v) is 6.15. The van der Waals surface area contributed by atoms with Gasteiger partial charge < -0.3 is 14.7 Å². The van der Waals surface area contributed by atoms with Crippen LogP contribution < -0.4 is 10.4 Å². The molecule has 0 spiro atoms. The van der Waals surface area contributed by atoms with Crippen molar-refractivity contribution in [2.75, 3.05) is 7.11 Å². The number of H-pyrrole nitrogens is 2. The highest BCUT2D eigenvalue weighted by Crippen LogP contribution is 2.17. The molecule has 0 aliphatic carbocycles. The fraction of sp³-hybridized carbons (Fsp3) is 0.0667. The zero-order valence-corrected chi connectivity index (χ0v) is 10.9. The van der Waals surface area contributed by atoms with E-state index in [9.17, 15) is 4.79 Å². The number of aromatic amines is 2. The summed E-state index contributed by atoms with van der Waals surface area (Å²) in [5.74, 6) is 0.813. The number of rotatable bonds is 3. The molecular weight excluding hydrogens is 254 g/mol. The molecule has 5 nitrogen and oxygen atoms in total. The molecule has 0 aliphatic heterocycles. The minimum Gasteiger partial charge on any atom is -0.497 e. The van der Waals surface area contributed by atoms with Crippen LogP contribution in [0.15, 0.2) is 52.3 Å². The molecule has 1 aromatic heterocycles. The molecule has 0 unspecified atom stereocenters. The van der Waals surface area contributed by atoms with Crippen LogP contribution in [0.2, 0.25) is 0 Å². The maximum atomic E-state index is 11.2. The Balaban J connectivity index is 1.87. The van der Waals surface area contributed by atoms with E-state index in [1.807, 2.05) is 42.5 Å². The van der Waals surface area contributed by atoms with Crippen molar-refractivity contribution in [2.24, 2.45) is 4.99 Å². The second kappa shape index (κ2) is 5.05. The molecule has 3 aromatic rings. The monoisotopic (exact) mass is 267 g/mol. The topological polar surface area (TPSA) is 70.2 Å². The van der Waals surface area contributed by atoms with Gasteiger partial charge in [-0.15, -0.1) is 0 Å². The van der Waals surface area contributed by atoms with Gasteiger partial charge in [-0.25, -0.2) is 4.79 Å². The van der Waals surface area contributed by atoms with Gasteiger partial charge in [0.15, 0.2) is 0 Å². The number of benzene rings is 2. The Labute approximate surface area is 114 Å². The SMILES string of the molecule is COc1ccc(C=Nc2ccc3[nH]c(=O)[nH]c3c2)cc1. The summed E-state index contributed by atoms with van der Waals surface area (Å²) in [4.78, 5) is 21.0. The van der Waals surface area contributed by atoms with E-state index in [2.05, 4.69) is 15.0 Å². The fourth-order valence-electron chi connectivity index (χ4n) is 1.94. The molecule has 0 radical (unpaired) electrons. The number of methoxy groups -OCH3 is 1. The van der Waals surface area contributed by atoms with Gasteiger partial charge in [-0.3, -0.25) is 4.99 Å². The number of fused-ring (bicyclic) bond motifs is 1. The number of aliphatic imine (C=N–C) groups is 1. The zero-order chi connectivity index (χ0) is 13.9. The fourth-order valence-corrected chi connectivity index (χ4v) is 1.94. The Morgan fingerprint density at radius 3 is 2.55 bits per heavy atom. The van der Waals surface area contributed by atoms with Gasteiger partial charge >= 0.3 is 5.69 Å². The largest absolute Gasteiger partial charge is 0.497 e. The lowest BCUT2D eigenvalue weighted by atomic mass is 10.2. The summed E-state index contributed by atoms with van der Waals surface area (Å²) in [7, 11) is 1.63. The third kappa shape index (κ3) is 2.47. The van der Waals surface area contributed by atoms with Crippen LogP contribution in [0.3, 0.4) is 0 Å². The van der Waals surface area contributed by atoms with Crippen molar-refractivity contribution in [1.82, 2.24) is 9.97 Å². The average Bonchev–Trinajstić information content (AvgIpc) is 2.85. The maximum absolute atomic E-state index is 11.2. The van der Waals surface area contributed by atoms with Crippen molar-refractivity contribution in [3.8, 4) is 5.75 Å². The molecule has 0 aliphatic rings. The quantitative estimate of drug-likeness (QED) is 0.716. The maximum Gasteiger partial charge on any atom is 0.323 e. The molecule has 0 fully saturated rings. The summed E-state index contributed by atoms with van der Waals surface area (Å²) >= 11 is 0. The summed E-state index contributed by atoms with van der Waals surface area (Å²) in [6, 6.07) is 13.1. The van der Waals surface area contributed by atoms with Crippen molar-refractivity contribution in [1.29, 1.82) is 0 Å². The van der Waals surface area contributed by atoms with Crippen LogP contribution in [0.25, 0.3) is 11.0 Å². The number of ether oxygens (including phenoxy) is 1. The summed E-state index contributed by atoms with van der Waals surface area (Å²) in [5.41, 5.74) is 3.08. The minimum atomic E-state index is -0.212. The number of imidazole rings is 1. The molecule has 5 heteroatoms. The summed E-state index contributed by atoms with van der Waals surface area (Å²) in [5, 5.41) is 0. The first kappa shape index (κ1) is 12.2. The Hall–Kier alpha value is -2.82. The Bertz CT molecular complexity index is 813. The van der Waals surface area contributed by atoms with Crippen LogP contribution in [-0.4, -0.2) is 23.3 Å². The van der Waals surface area contributed by atoms with Crippen molar-refractivity contribution in [3.05, 3.63) is 58.5 Å². The molecule has 2 N–H and O–H groups in total. The van der Waals surface area contributed by atoms with Gasteiger partial charge in [0.1, 0.15) is 5.75 Å². The molecule has 0 bridgehead atoms. The van der Waals surface area contributed by atoms with Crippen molar-refractivity contribution in [2.45, 2.75) is 0 Å². The van der Waals surface area contributed by atoms with Crippen molar-refractivity contribution >= 4 is 22.9 Å². The number of hydrogen-bond acceptors (Lipinski definition) is 3. The number of hydrogen-bond donors (Lipinski definition) is 2. The van der Waals surface area contributed by atoms with E-state index < -0.39 is 0 Å². The number of aromatic nitrogens is 2. The normalized spacial score (nSPS) is 11.2. The molecule has 1 heterocycles. The predicted octanol–water partition coefficient (Wildman–Crippen LogP) is 2.62. The first-order chi connectivity index (χ1) is 9.74. The molecule has 0 saturated heterocycles. The van der Waals surface area contributed by atoms with E-state index >= 15 is 0 Å². The van der Waals surface area contributed by atoms with E-state index in [1.54, 1.807) is 13.3 Å². The minimum absolute atomic E-state index is 0.212. The van der Waals surface area contributed by atoms with Crippen molar-refractivity contribution in [3.63, 3.8) is 0 Å². The van der Waals surface area contributed by atoms with Crippen LogP contribution in [0.5, 0.6) is 5.75 Å². The molecule has 20 heavy (non-hydrogen) atoms. The van der Waals surface area contributed by atoms with E-state index in [0.29, 0.717) is 0 Å². The molecule has 0 atom stereocenters. The molecule has 100 valence electrons. The second-order valence-electron chi connectivity index (χ2n) is 4.34. The van der Waals surface area contributed by atoms with E-state index in [4.69, 9.17) is 4.74 Å². The number of nitrogens with zero attached hydrogens (tertiary/aromatic N) is 1. The van der Waals surface area contributed by atoms with Crippen LogP contribution in [0.4, 0.5) is 5.69 Å². The standard InChI is InChI=1S/C15H13N3O2/c1-20-12-5-2-10(3-6-12)9-16-11-4-7-13-14(8-11)18-15(19)17-13/h2-9H,1H3,(H2,17,18,19). The van der Waals surface area contributed by atoms with Crippen LogP contribution in [0, 0.1) is 0 Å². The van der Waals surface area contributed by atoms with E-state index in [-0.39, 0.29) is 5.69 Å². The highest BCUT2D eigenvalue weighted by atomic mass is 16.5. The highest BCUT2D eigenvalue weighted by Gasteiger charge is 1.98. The Morgan fingerprint density at radius 1 is 1.05 bits per heavy atom. The number of nitrogens with one attached hydrogen (secondary N) is 2. The van der Waals surface area contributed by atoms with Gasteiger partial charge in [0.25, 0.3) is 0 Å². The van der Waals surface area contributed by atoms with Crippen molar-refractivity contribution < 1.29 is 4.74 Å². The molecule has 3 rings (SSSR count). The first-order valence-electron chi connectivity index (χ1n) is 6.15. The predicted molar refractivity (Wildman–Crippen MR) is 79.2 cm³/mol. The molecule has 0 saturated carbocycles. The third-order valence-electron chi connectivity index (χ3n) is 2.98. The lowest BCUT2D eigenvalue weighted by Crippen LogP contribution is -1.99. The summed E-state index contributed by atoms with van der Waals surface area (Å²) in [6.07, 6.45) is 1.77. The van der Waals surface area contributed by atoms with Crippen LogP contribution >= 0.6 is 0 Å². The van der Waals surface area contributed by atoms with Crippen LogP contribution in [0.1, 0.15) is 5.56 Å². The third-order valence-corrected chi connectivity index (χ3v) is 2.98. The van der Waals surface area contributed by atoms with Gasteiger partial charge in [0.05, 0.1) is 23.8 Å². The lowest BCUT2D eigenvalue weighted by Gasteiger charge is -1.99. The van der Waals surface area contributed by atoms with Gasteiger partial charge in [-0.05, 0) is 48.0 Å². The molecular formula is C15H13N3O2. The highest BCUT2D eigenvalue weighted by molar-refractivity contribution is 5.84. The van der Waals surface area contributed by atoms with E-state index in [1.165, 1.54) is 0 Å². The van der Waals surface area contributed by atoms with Gasteiger partial charge in [-0.2, -0.15) is 0 Å². The Kier molecular flexibility index (Phi) is 3.09. The average molecular weight is 267 g/mol. The van der Waals surface area contributed by atoms with Gasteiger partial charge in [0.2, 0.25) is 0 Å². The molecule has 2 aromatic carbocycles. The summed E-state index contributed by atoms with van der Waals surface area (Å²) in [6.45, 7) is 0. The van der Waals surface area contributed by atoms with Gasteiger partial charge in [0, 0.05) is 6.21 Å². The van der Waals surface area contributed by atoms with E-state index in [0.717, 1.165) is 28.0 Å². The summed E-state index contributed by atoms with van der Waals surface area (Å²) < 4.78 is 5.10. The zero-order valence-electron chi connectivity index (χ0n) is 10.9. The second-order valence-corrected chi connectivity index (χ2v) is 4.34. The smallest absolute Gasteiger partial charge is 0.323 e. The lowest BCUT2D eigenvalue weighted by molar-refractivity contribution is 0.415. The van der Waals surface area contributed by atoms with Crippen LogP contribution in [-0.2, 0) is 0 Å². The molecule has 0 amide bonds. The Morgan fingerprint density at radius 2 is 1.80 bits per heavy atom.